The highest BCUT2D eigenvalue weighted by Crippen LogP contribution is 2.39. The van der Waals surface area contributed by atoms with Crippen molar-refractivity contribution in [3.8, 4) is 0 Å². The zero-order valence-electron chi connectivity index (χ0n) is 18.2. The maximum atomic E-state index is 10.7. The van der Waals surface area contributed by atoms with E-state index in [0.717, 1.165) is 59.5 Å². The van der Waals surface area contributed by atoms with E-state index in [1.165, 1.54) is 16.1 Å². The van der Waals surface area contributed by atoms with E-state index in [2.05, 4.69) is 35.4 Å². The van der Waals surface area contributed by atoms with Crippen LogP contribution in [0, 0.1) is 6.92 Å². The van der Waals surface area contributed by atoms with Crippen LogP contribution in [0.5, 0.6) is 0 Å². The third kappa shape index (κ3) is 3.66. The smallest absolute Gasteiger partial charge is 0.116 e. The Kier molecular flexibility index (Phi) is 5.09. The van der Waals surface area contributed by atoms with E-state index < -0.39 is 6.10 Å². The van der Waals surface area contributed by atoms with Crippen LogP contribution in [-0.2, 0) is 12.8 Å². The molecule has 6 heteroatoms. The Hall–Kier alpha value is -2.54. The summed E-state index contributed by atoms with van der Waals surface area (Å²) in [5.74, 6) is 1.34. The normalized spacial score (nSPS) is 23.6. The zero-order valence-corrected chi connectivity index (χ0v) is 19.0. The number of thiazole rings is 1. The number of aromatic amines is 1. The second-order valence-electron chi connectivity index (χ2n) is 9.21. The number of benzene rings is 2. The fourth-order valence-corrected chi connectivity index (χ4v) is 6.42. The highest BCUT2D eigenvalue weighted by molar-refractivity contribution is 7.11. The molecule has 2 aliphatic rings. The summed E-state index contributed by atoms with van der Waals surface area (Å²) in [4.78, 5) is 14.7. The molecule has 0 unspecified atom stereocenters. The minimum absolute atomic E-state index is 0.114. The lowest BCUT2D eigenvalue weighted by molar-refractivity contribution is 0.135. The molecule has 3 N–H and O–H groups in total. The van der Waals surface area contributed by atoms with Crippen molar-refractivity contribution in [3.05, 3.63) is 81.1 Å². The van der Waals surface area contributed by atoms with Gasteiger partial charge in [0, 0.05) is 17.0 Å². The van der Waals surface area contributed by atoms with Crippen molar-refractivity contribution in [1.29, 1.82) is 0 Å². The number of H-pyrrole nitrogens is 1. The summed E-state index contributed by atoms with van der Waals surface area (Å²) in [6.07, 6.45) is 4.78. The molecule has 3 heterocycles. The molecule has 2 aromatic heterocycles. The van der Waals surface area contributed by atoms with E-state index >= 15 is 0 Å². The topological polar surface area (TPSA) is 73.8 Å². The molecule has 1 fully saturated rings. The van der Waals surface area contributed by atoms with E-state index in [-0.39, 0.29) is 6.04 Å². The van der Waals surface area contributed by atoms with Crippen molar-refractivity contribution in [2.75, 3.05) is 0 Å². The number of aromatic nitrogens is 3. The fraction of sp³-hybridized carbons (Fsp3) is 0.385. The average molecular weight is 445 g/mol. The Labute approximate surface area is 191 Å². The summed E-state index contributed by atoms with van der Waals surface area (Å²) >= 11 is 1.83. The van der Waals surface area contributed by atoms with Gasteiger partial charge in [0.25, 0.3) is 0 Å². The van der Waals surface area contributed by atoms with Crippen LogP contribution in [0.3, 0.4) is 0 Å². The summed E-state index contributed by atoms with van der Waals surface area (Å²) in [5.41, 5.74) is 5.65. The molecular formula is C26H28N4OS. The molecule has 1 saturated heterocycles. The summed E-state index contributed by atoms with van der Waals surface area (Å²) in [7, 11) is 0. The number of hydrogen-bond acceptors (Lipinski definition) is 5. The van der Waals surface area contributed by atoms with Crippen molar-refractivity contribution in [3.63, 3.8) is 0 Å². The average Bonchev–Trinajstić information content (AvgIpc) is 3.57. The van der Waals surface area contributed by atoms with Crippen molar-refractivity contribution >= 4 is 22.4 Å². The van der Waals surface area contributed by atoms with Crippen LogP contribution >= 0.6 is 11.3 Å². The Bertz CT molecular complexity index is 1250. The van der Waals surface area contributed by atoms with Crippen LogP contribution < -0.4 is 5.32 Å². The molecule has 5 nitrogen and oxygen atoms in total. The number of hydrogen-bond donors (Lipinski definition) is 3. The number of nitrogens with zero attached hydrogens (tertiary/aromatic N) is 2. The number of aryl methyl sites for hydroxylation is 2. The van der Waals surface area contributed by atoms with Gasteiger partial charge in [0.2, 0.25) is 0 Å². The summed E-state index contributed by atoms with van der Waals surface area (Å²) in [5, 5.41) is 15.6. The number of aliphatic hydroxyl groups is 1. The summed E-state index contributed by atoms with van der Waals surface area (Å²) in [6, 6.07) is 17.0. The number of fused-ring (bicyclic) bond motifs is 2. The van der Waals surface area contributed by atoms with Gasteiger partial charge in [-0.2, -0.15) is 0 Å². The van der Waals surface area contributed by atoms with Gasteiger partial charge >= 0.3 is 0 Å². The summed E-state index contributed by atoms with van der Waals surface area (Å²) < 4.78 is 0. The van der Waals surface area contributed by atoms with E-state index in [1.54, 1.807) is 0 Å². The molecule has 0 saturated carbocycles. The first-order valence-corrected chi connectivity index (χ1v) is 12.4. The monoisotopic (exact) mass is 444 g/mol. The molecule has 6 rings (SSSR count). The second kappa shape index (κ2) is 8.10. The molecule has 0 amide bonds. The summed E-state index contributed by atoms with van der Waals surface area (Å²) in [6.45, 7) is 2.09. The lowest BCUT2D eigenvalue weighted by Crippen LogP contribution is -2.35. The zero-order chi connectivity index (χ0) is 21.7. The van der Waals surface area contributed by atoms with Crippen molar-refractivity contribution < 1.29 is 5.11 Å². The van der Waals surface area contributed by atoms with Crippen LogP contribution in [0.4, 0.5) is 0 Å². The Morgan fingerprint density at radius 2 is 1.97 bits per heavy atom. The van der Waals surface area contributed by atoms with E-state index in [4.69, 9.17) is 9.97 Å². The molecule has 32 heavy (non-hydrogen) atoms. The lowest BCUT2D eigenvalue weighted by atomic mass is 10.0. The molecule has 0 spiro atoms. The molecule has 1 aliphatic carbocycles. The highest BCUT2D eigenvalue weighted by atomic mass is 32.1. The van der Waals surface area contributed by atoms with Gasteiger partial charge in [-0.3, -0.25) is 0 Å². The number of nitrogens with one attached hydrogen (secondary N) is 2. The first kappa shape index (κ1) is 20.1. The molecule has 0 radical (unpaired) electrons. The quantitative estimate of drug-likeness (QED) is 0.413. The highest BCUT2D eigenvalue weighted by Gasteiger charge is 2.31. The molecular weight excluding hydrogens is 416 g/mol. The third-order valence-corrected chi connectivity index (χ3v) is 8.05. The Morgan fingerprint density at radius 1 is 1.09 bits per heavy atom. The molecule has 2 aromatic carbocycles. The van der Waals surface area contributed by atoms with E-state index in [9.17, 15) is 5.11 Å². The first-order valence-electron chi connectivity index (χ1n) is 11.6. The Balaban J connectivity index is 1.16. The van der Waals surface area contributed by atoms with Crippen LogP contribution in [0.25, 0.3) is 11.0 Å². The molecule has 4 atom stereocenters. The van der Waals surface area contributed by atoms with Crippen LogP contribution in [0.2, 0.25) is 0 Å². The largest absolute Gasteiger partial charge is 0.387 e. The van der Waals surface area contributed by atoms with Crippen LogP contribution in [-0.4, -0.2) is 32.1 Å². The number of aliphatic hydroxyl groups excluding tert-OH is 1. The minimum Gasteiger partial charge on any atom is -0.387 e. The first-order chi connectivity index (χ1) is 15.6. The van der Waals surface area contributed by atoms with E-state index in [0.29, 0.717) is 12.0 Å². The maximum Gasteiger partial charge on any atom is 0.116 e. The predicted molar refractivity (Wildman–Crippen MR) is 128 cm³/mol. The van der Waals surface area contributed by atoms with Crippen LogP contribution in [0.1, 0.15) is 63.8 Å². The van der Waals surface area contributed by atoms with Gasteiger partial charge < -0.3 is 15.4 Å². The molecule has 164 valence electrons. The lowest BCUT2D eigenvalue weighted by Gasteiger charge is -2.20. The van der Waals surface area contributed by atoms with Crippen molar-refractivity contribution in [1.82, 2.24) is 20.3 Å². The maximum absolute atomic E-state index is 10.7. The van der Waals surface area contributed by atoms with Gasteiger partial charge in [-0.1, -0.05) is 36.4 Å². The van der Waals surface area contributed by atoms with Gasteiger partial charge in [-0.25, -0.2) is 9.97 Å². The van der Waals surface area contributed by atoms with Gasteiger partial charge in [0.15, 0.2) is 0 Å². The van der Waals surface area contributed by atoms with Gasteiger partial charge in [-0.05, 0) is 62.3 Å². The van der Waals surface area contributed by atoms with E-state index in [1.807, 2.05) is 41.7 Å². The van der Waals surface area contributed by atoms with Gasteiger partial charge in [0.05, 0.1) is 33.8 Å². The standard InChI is InChI=1S/C26H28N4OS/c1-15-27-24-19(9-12-23(24)32-15)26-29-20-10-7-16(14-22(20)30-26)13-18-8-11-21(28-18)25(31)17-5-3-2-4-6-17/h2-7,10,14,18-19,21,25,28,31H,8-9,11-13H2,1H3,(H,29,30)/t18-,19-,21+,25+/m0/s1. The van der Waals surface area contributed by atoms with Crippen LogP contribution in [0.15, 0.2) is 48.5 Å². The predicted octanol–water partition coefficient (Wildman–Crippen LogP) is 4.80. The van der Waals surface area contributed by atoms with Gasteiger partial charge in [-0.15, -0.1) is 11.3 Å². The fourth-order valence-electron chi connectivity index (χ4n) is 5.41. The molecule has 4 aromatic rings. The number of imidazole rings is 1. The second-order valence-corrected chi connectivity index (χ2v) is 10.5. The molecule has 0 bridgehead atoms. The van der Waals surface area contributed by atoms with Crippen molar-refractivity contribution in [2.45, 2.75) is 63.1 Å². The van der Waals surface area contributed by atoms with Gasteiger partial charge in [0.1, 0.15) is 5.82 Å². The SMILES string of the molecule is Cc1nc2c(s1)CC[C@@H]2c1nc2ccc(C[C@@H]3CC[C@H]([C@H](O)c4ccccc4)N3)cc2[nH]1. The van der Waals surface area contributed by atoms with Crippen molar-refractivity contribution in [2.24, 2.45) is 0 Å². The Morgan fingerprint density at radius 3 is 2.84 bits per heavy atom. The molecule has 1 aliphatic heterocycles. The minimum atomic E-state index is -0.454. The third-order valence-electron chi connectivity index (χ3n) is 7.00. The number of rotatable bonds is 5.